The lowest BCUT2D eigenvalue weighted by Crippen LogP contribution is -2.57. The van der Waals surface area contributed by atoms with Crippen molar-refractivity contribution >= 4 is 34.9 Å². The van der Waals surface area contributed by atoms with Crippen molar-refractivity contribution in [3.05, 3.63) is 0 Å². The number of carbonyl (C=O) groups is 2. The third-order valence-corrected chi connectivity index (χ3v) is 2.67. The van der Waals surface area contributed by atoms with Crippen LogP contribution in [0.3, 0.4) is 0 Å². The molecule has 0 radical (unpaired) electrons. The standard InChI is InChI=1S/C8H12Cl2N2O2/c9-3-7(13)6-5-11-1-2-12(6)8(14)4-10/h6,11H,1-5H2. The zero-order chi connectivity index (χ0) is 10.6. The molecule has 0 bridgehead atoms. The Hall–Kier alpha value is -0.320. The van der Waals surface area contributed by atoms with Crippen LogP contribution in [0.25, 0.3) is 0 Å². The molecule has 1 N–H and O–H groups in total. The van der Waals surface area contributed by atoms with Crippen LogP contribution in [-0.4, -0.2) is 54.0 Å². The molecule has 1 amide bonds. The minimum Gasteiger partial charge on any atom is -0.329 e. The maximum atomic E-state index is 11.4. The van der Waals surface area contributed by atoms with Crippen molar-refractivity contribution in [3.8, 4) is 0 Å². The molecular formula is C8H12Cl2N2O2. The Labute approximate surface area is 92.5 Å². The number of ketones is 1. The van der Waals surface area contributed by atoms with Crippen LogP contribution in [0.4, 0.5) is 0 Å². The van der Waals surface area contributed by atoms with Crippen molar-refractivity contribution < 1.29 is 9.59 Å². The van der Waals surface area contributed by atoms with Crippen molar-refractivity contribution in [2.75, 3.05) is 31.4 Å². The van der Waals surface area contributed by atoms with Crippen molar-refractivity contribution in [2.24, 2.45) is 0 Å². The first-order chi connectivity index (χ1) is 6.70. The number of carbonyl (C=O) groups excluding carboxylic acids is 2. The first-order valence-corrected chi connectivity index (χ1v) is 5.42. The lowest BCUT2D eigenvalue weighted by molar-refractivity contribution is -0.137. The molecule has 0 aromatic carbocycles. The first kappa shape index (κ1) is 11.8. The second-order valence-corrected chi connectivity index (χ2v) is 3.58. The van der Waals surface area contributed by atoms with Gasteiger partial charge >= 0.3 is 0 Å². The summed E-state index contributed by atoms with van der Waals surface area (Å²) in [6, 6.07) is -0.451. The highest BCUT2D eigenvalue weighted by Crippen LogP contribution is 2.06. The van der Waals surface area contributed by atoms with Gasteiger partial charge in [-0.05, 0) is 0 Å². The fourth-order valence-corrected chi connectivity index (χ4v) is 1.79. The second kappa shape index (κ2) is 5.53. The summed E-state index contributed by atoms with van der Waals surface area (Å²) < 4.78 is 0. The van der Waals surface area contributed by atoms with E-state index in [4.69, 9.17) is 23.2 Å². The van der Waals surface area contributed by atoms with Gasteiger partial charge in [-0.25, -0.2) is 0 Å². The van der Waals surface area contributed by atoms with Crippen LogP contribution in [0, 0.1) is 0 Å². The third kappa shape index (κ3) is 2.59. The van der Waals surface area contributed by atoms with Gasteiger partial charge in [0.05, 0.1) is 5.88 Å². The highest BCUT2D eigenvalue weighted by molar-refractivity contribution is 6.29. The number of nitrogens with one attached hydrogen (secondary N) is 1. The predicted molar refractivity (Wildman–Crippen MR) is 54.8 cm³/mol. The van der Waals surface area contributed by atoms with E-state index in [2.05, 4.69) is 5.32 Å². The molecule has 6 heteroatoms. The average molecular weight is 239 g/mol. The van der Waals surface area contributed by atoms with Gasteiger partial charge in [-0.3, -0.25) is 9.59 Å². The van der Waals surface area contributed by atoms with E-state index in [9.17, 15) is 9.59 Å². The highest BCUT2D eigenvalue weighted by Gasteiger charge is 2.30. The Morgan fingerprint density at radius 1 is 1.36 bits per heavy atom. The summed E-state index contributed by atoms with van der Waals surface area (Å²) in [4.78, 5) is 24.3. The summed E-state index contributed by atoms with van der Waals surface area (Å²) in [5.41, 5.74) is 0. The number of halogens is 2. The number of nitrogens with zero attached hydrogens (tertiary/aromatic N) is 1. The summed E-state index contributed by atoms with van der Waals surface area (Å²) in [6.45, 7) is 1.67. The maximum Gasteiger partial charge on any atom is 0.238 e. The van der Waals surface area contributed by atoms with Crippen molar-refractivity contribution in [2.45, 2.75) is 6.04 Å². The molecule has 0 saturated carbocycles. The molecule has 0 aliphatic carbocycles. The minimum atomic E-state index is -0.451. The van der Waals surface area contributed by atoms with Gasteiger partial charge in [0.15, 0.2) is 5.78 Å². The molecule has 0 aromatic rings. The lowest BCUT2D eigenvalue weighted by atomic mass is 10.1. The third-order valence-electron chi connectivity index (χ3n) is 2.18. The second-order valence-electron chi connectivity index (χ2n) is 3.04. The molecule has 1 heterocycles. The van der Waals surface area contributed by atoms with Gasteiger partial charge in [0.2, 0.25) is 5.91 Å². The number of hydrogen-bond acceptors (Lipinski definition) is 3. The van der Waals surface area contributed by atoms with E-state index in [1.165, 1.54) is 4.90 Å². The van der Waals surface area contributed by atoms with Crippen LogP contribution in [0.1, 0.15) is 0 Å². The van der Waals surface area contributed by atoms with Gasteiger partial charge in [0.25, 0.3) is 0 Å². The maximum absolute atomic E-state index is 11.4. The summed E-state index contributed by atoms with van der Waals surface area (Å²) in [5.74, 6) is -0.515. The lowest BCUT2D eigenvalue weighted by Gasteiger charge is -2.34. The van der Waals surface area contributed by atoms with Crippen LogP contribution in [0.15, 0.2) is 0 Å². The van der Waals surface area contributed by atoms with E-state index >= 15 is 0 Å². The topological polar surface area (TPSA) is 49.4 Å². The van der Waals surface area contributed by atoms with Crippen LogP contribution in [0.5, 0.6) is 0 Å². The first-order valence-electron chi connectivity index (χ1n) is 4.35. The zero-order valence-electron chi connectivity index (χ0n) is 7.63. The van der Waals surface area contributed by atoms with Gasteiger partial charge in [0, 0.05) is 19.6 Å². The Bertz CT molecular complexity index is 211. The summed E-state index contributed by atoms with van der Waals surface area (Å²) in [5, 5.41) is 3.04. The van der Waals surface area contributed by atoms with E-state index in [1.54, 1.807) is 0 Å². The Kier molecular flexibility index (Phi) is 4.65. The Morgan fingerprint density at radius 2 is 2.07 bits per heavy atom. The van der Waals surface area contributed by atoms with Crippen LogP contribution >= 0.6 is 23.2 Å². The van der Waals surface area contributed by atoms with E-state index < -0.39 is 6.04 Å². The quantitative estimate of drug-likeness (QED) is 0.696. The monoisotopic (exact) mass is 238 g/mol. The molecule has 1 fully saturated rings. The number of rotatable bonds is 3. The fourth-order valence-electron chi connectivity index (χ4n) is 1.46. The van der Waals surface area contributed by atoms with Gasteiger partial charge in [0.1, 0.15) is 11.9 Å². The van der Waals surface area contributed by atoms with Gasteiger partial charge in [-0.15, -0.1) is 23.2 Å². The van der Waals surface area contributed by atoms with Gasteiger partial charge in [-0.2, -0.15) is 0 Å². The summed E-state index contributed by atoms with van der Waals surface area (Å²) >= 11 is 10.9. The molecular weight excluding hydrogens is 227 g/mol. The number of amides is 1. The van der Waals surface area contributed by atoms with E-state index in [-0.39, 0.29) is 23.5 Å². The zero-order valence-corrected chi connectivity index (χ0v) is 9.14. The largest absolute Gasteiger partial charge is 0.329 e. The molecule has 0 spiro atoms. The molecule has 1 saturated heterocycles. The average Bonchev–Trinajstić information content (AvgIpc) is 2.27. The molecule has 1 unspecified atom stereocenters. The molecule has 4 nitrogen and oxygen atoms in total. The van der Waals surface area contributed by atoms with Gasteiger partial charge < -0.3 is 10.2 Å². The molecule has 1 aliphatic rings. The molecule has 1 rings (SSSR count). The van der Waals surface area contributed by atoms with Crippen LogP contribution < -0.4 is 5.32 Å². The van der Waals surface area contributed by atoms with Crippen molar-refractivity contribution in [3.63, 3.8) is 0 Å². The molecule has 0 aromatic heterocycles. The summed E-state index contributed by atoms with van der Waals surface area (Å²) in [7, 11) is 0. The van der Waals surface area contributed by atoms with E-state index in [1.807, 2.05) is 0 Å². The van der Waals surface area contributed by atoms with E-state index in [0.717, 1.165) is 0 Å². The summed E-state index contributed by atoms with van der Waals surface area (Å²) in [6.07, 6.45) is 0. The Morgan fingerprint density at radius 3 is 2.64 bits per heavy atom. The minimum absolute atomic E-state index is 0.0710. The molecule has 1 atom stereocenters. The molecule has 14 heavy (non-hydrogen) atoms. The number of alkyl halides is 2. The smallest absolute Gasteiger partial charge is 0.238 e. The Balaban J connectivity index is 2.68. The predicted octanol–water partition coefficient (Wildman–Crippen LogP) is -0.167. The highest BCUT2D eigenvalue weighted by atomic mass is 35.5. The molecule has 1 aliphatic heterocycles. The number of piperazine rings is 1. The van der Waals surface area contributed by atoms with Crippen LogP contribution in [-0.2, 0) is 9.59 Å². The van der Waals surface area contributed by atoms with Crippen molar-refractivity contribution in [1.29, 1.82) is 0 Å². The normalized spacial score (nSPS) is 22.1. The fraction of sp³-hybridized carbons (Fsp3) is 0.750. The van der Waals surface area contributed by atoms with Crippen molar-refractivity contribution in [1.82, 2.24) is 10.2 Å². The number of hydrogen-bond donors (Lipinski definition) is 1. The van der Waals surface area contributed by atoms with Gasteiger partial charge in [-0.1, -0.05) is 0 Å². The number of Topliss-reactive ketones (excluding diaryl/α,β-unsaturated/α-hetero) is 1. The van der Waals surface area contributed by atoms with E-state index in [0.29, 0.717) is 19.6 Å². The molecule has 80 valence electrons. The van der Waals surface area contributed by atoms with Crippen LogP contribution in [0.2, 0.25) is 0 Å². The SMILES string of the molecule is O=C(CCl)C1CNCCN1C(=O)CCl.